The summed E-state index contributed by atoms with van der Waals surface area (Å²) in [6, 6.07) is 0. The predicted octanol–water partition coefficient (Wildman–Crippen LogP) is 6.50. The van der Waals surface area contributed by atoms with Crippen LogP contribution in [0.4, 0.5) is 0 Å². The van der Waals surface area contributed by atoms with Gasteiger partial charge in [-0.3, -0.25) is 18.6 Å². The molecule has 1 aliphatic carbocycles. The van der Waals surface area contributed by atoms with Crippen LogP contribution in [-0.2, 0) is 32.7 Å². The normalized spacial score (nSPS) is 23.7. The predicted molar refractivity (Wildman–Crippen MR) is 203 cm³/mol. The molecule has 0 heterocycles. The second-order valence-corrected chi connectivity index (χ2v) is 15.5. The van der Waals surface area contributed by atoms with Gasteiger partial charge >= 0.3 is 19.8 Å². The maximum Gasteiger partial charge on any atom is 0.472 e. The van der Waals surface area contributed by atoms with Crippen LogP contribution in [0.2, 0.25) is 0 Å². The van der Waals surface area contributed by atoms with Crippen molar-refractivity contribution in [3.05, 3.63) is 24.3 Å². The number of rotatable bonds is 32. The highest BCUT2D eigenvalue weighted by Crippen LogP contribution is 2.47. The molecule has 6 N–H and O–H groups in total. The monoisotopic (exact) mass is 778 g/mol. The van der Waals surface area contributed by atoms with Gasteiger partial charge in [-0.05, 0) is 38.5 Å². The molecule has 0 saturated heterocycles. The number of phosphoric acid groups is 1. The van der Waals surface area contributed by atoms with Crippen LogP contribution < -0.4 is 0 Å². The van der Waals surface area contributed by atoms with Crippen molar-refractivity contribution in [3.63, 3.8) is 0 Å². The molecule has 13 nitrogen and oxygen atoms in total. The molecule has 1 rings (SSSR count). The van der Waals surface area contributed by atoms with Gasteiger partial charge in [0.15, 0.2) is 6.10 Å². The maximum atomic E-state index is 12.7. The van der Waals surface area contributed by atoms with E-state index in [1.165, 1.54) is 57.8 Å². The van der Waals surface area contributed by atoms with Gasteiger partial charge in [-0.2, -0.15) is 0 Å². The standard InChI is InChI=1S/C39H71O13P/c1-3-5-7-9-11-12-13-14-15-16-17-18-19-20-22-23-25-27-32(40)49-29-31(51-33(41)28-26-24-21-10-8-6-4-2)30-50-53(47,48)52-39-37(45)35(43)34(42)36(44)38(39)46/h17-18,20,22,31,34-39,42-46H,3-16,19,21,23-30H2,1-2H3,(H,47,48)/b18-17+,22-20+/t31-,34?,35-,36?,37?,38?,39?/m0/s1. The van der Waals surface area contributed by atoms with E-state index < -0.39 is 75.7 Å². The quantitative estimate of drug-likeness (QED) is 0.0187. The lowest BCUT2D eigenvalue weighted by molar-refractivity contribution is -0.220. The molecule has 0 aromatic rings. The molecular weight excluding hydrogens is 707 g/mol. The molecule has 0 aromatic carbocycles. The van der Waals surface area contributed by atoms with E-state index in [0.29, 0.717) is 19.3 Å². The van der Waals surface area contributed by atoms with Crippen molar-refractivity contribution < 1.29 is 63.1 Å². The van der Waals surface area contributed by atoms with Crippen LogP contribution in [0, 0.1) is 0 Å². The Bertz CT molecular complexity index is 1040. The van der Waals surface area contributed by atoms with Crippen molar-refractivity contribution in [3.8, 4) is 0 Å². The number of unbranched alkanes of at least 4 members (excludes halogenated alkanes) is 16. The highest BCUT2D eigenvalue weighted by atomic mass is 31.2. The van der Waals surface area contributed by atoms with Crippen LogP contribution in [-0.4, -0.2) is 98.3 Å². The zero-order valence-corrected chi connectivity index (χ0v) is 33.2. The first-order chi connectivity index (χ1) is 25.4. The third kappa shape index (κ3) is 23.8. The lowest BCUT2D eigenvalue weighted by Crippen LogP contribution is -2.64. The minimum absolute atomic E-state index is 0.0881. The van der Waals surface area contributed by atoms with Gasteiger partial charge in [0.1, 0.15) is 43.2 Å². The molecule has 1 aliphatic rings. The number of esters is 2. The molecule has 8 atom stereocenters. The second kappa shape index (κ2) is 30.5. The van der Waals surface area contributed by atoms with Gasteiger partial charge in [-0.25, -0.2) is 4.57 Å². The zero-order valence-electron chi connectivity index (χ0n) is 32.3. The lowest BCUT2D eigenvalue weighted by atomic mass is 9.85. The lowest BCUT2D eigenvalue weighted by Gasteiger charge is -2.41. The van der Waals surface area contributed by atoms with Crippen molar-refractivity contribution in [2.24, 2.45) is 0 Å². The first-order valence-electron chi connectivity index (χ1n) is 20.1. The number of carbonyl (C=O) groups excluding carboxylic acids is 2. The average molecular weight is 779 g/mol. The Morgan fingerprint density at radius 2 is 1.04 bits per heavy atom. The third-order valence-electron chi connectivity index (χ3n) is 9.30. The van der Waals surface area contributed by atoms with Crippen LogP contribution in [0.3, 0.4) is 0 Å². The minimum Gasteiger partial charge on any atom is -0.462 e. The van der Waals surface area contributed by atoms with Crippen LogP contribution >= 0.6 is 7.82 Å². The Labute approximate surface area is 317 Å². The van der Waals surface area contributed by atoms with E-state index in [0.717, 1.165) is 51.4 Å². The fourth-order valence-electron chi connectivity index (χ4n) is 5.97. The number of allylic oxidation sites excluding steroid dienone is 4. The molecule has 0 amide bonds. The Kier molecular flexibility index (Phi) is 28.4. The van der Waals surface area contributed by atoms with Gasteiger partial charge in [0.05, 0.1) is 6.61 Å². The summed E-state index contributed by atoms with van der Waals surface area (Å²) in [4.78, 5) is 35.3. The fraction of sp³-hybridized carbons (Fsp3) is 0.846. The number of aliphatic hydroxyl groups is 5. The SMILES string of the molecule is CCCCCCCCCCC/C=C/C/C=C/CCCC(=O)OC[C@@H](COP(=O)(O)OC1C(O)C(O)C(O)[C@H](O)C1O)OC(=O)CCCCCCCCC. The minimum atomic E-state index is -5.11. The molecule has 1 fully saturated rings. The first kappa shape index (κ1) is 49.3. The number of hydrogen-bond donors (Lipinski definition) is 6. The van der Waals surface area contributed by atoms with E-state index in [1.54, 1.807) is 0 Å². The van der Waals surface area contributed by atoms with Crippen LogP contribution in [0.5, 0.6) is 0 Å². The van der Waals surface area contributed by atoms with Crippen LogP contribution in [0.25, 0.3) is 0 Å². The molecule has 6 unspecified atom stereocenters. The molecule has 0 bridgehead atoms. The van der Waals surface area contributed by atoms with E-state index in [9.17, 15) is 44.6 Å². The maximum absolute atomic E-state index is 12.7. The average Bonchev–Trinajstić information content (AvgIpc) is 3.13. The summed E-state index contributed by atoms with van der Waals surface area (Å²) >= 11 is 0. The Morgan fingerprint density at radius 3 is 1.58 bits per heavy atom. The van der Waals surface area contributed by atoms with E-state index >= 15 is 0 Å². The number of phosphoric ester groups is 1. The summed E-state index contributed by atoms with van der Waals surface area (Å²) in [7, 11) is -5.11. The van der Waals surface area contributed by atoms with Crippen molar-refractivity contribution in [1.82, 2.24) is 0 Å². The molecule has 0 aromatic heterocycles. The van der Waals surface area contributed by atoms with E-state index in [1.807, 2.05) is 6.08 Å². The van der Waals surface area contributed by atoms with Crippen LogP contribution in [0.15, 0.2) is 24.3 Å². The summed E-state index contributed by atoms with van der Waals surface area (Å²) < 4.78 is 33.2. The Morgan fingerprint density at radius 1 is 0.585 bits per heavy atom. The van der Waals surface area contributed by atoms with E-state index in [2.05, 4.69) is 32.1 Å². The Balaban J connectivity index is 2.49. The number of aliphatic hydroxyl groups excluding tert-OH is 5. The number of hydrogen-bond acceptors (Lipinski definition) is 12. The van der Waals surface area contributed by atoms with Crippen LogP contribution in [0.1, 0.15) is 155 Å². The topological polar surface area (TPSA) is 210 Å². The summed E-state index contributed by atoms with van der Waals surface area (Å²) in [6.07, 6.45) is 17.2. The summed E-state index contributed by atoms with van der Waals surface area (Å²) in [5.41, 5.74) is 0. The molecule has 1 saturated carbocycles. The number of ether oxygens (including phenoxy) is 2. The molecule has 0 aliphatic heterocycles. The Hall–Kier alpha value is -1.67. The molecule has 14 heteroatoms. The molecule has 0 radical (unpaired) electrons. The first-order valence-corrected chi connectivity index (χ1v) is 21.6. The van der Waals surface area contributed by atoms with Gasteiger partial charge in [-0.1, -0.05) is 128 Å². The van der Waals surface area contributed by atoms with Gasteiger partial charge in [0, 0.05) is 12.8 Å². The van der Waals surface area contributed by atoms with Crippen molar-refractivity contribution >= 4 is 19.8 Å². The second-order valence-electron chi connectivity index (χ2n) is 14.1. The molecular formula is C39H71O13P. The molecule has 0 spiro atoms. The summed E-state index contributed by atoms with van der Waals surface area (Å²) in [5, 5.41) is 49.8. The van der Waals surface area contributed by atoms with Gasteiger partial charge < -0.3 is 39.9 Å². The van der Waals surface area contributed by atoms with Crippen molar-refractivity contribution in [1.29, 1.82) is 0 Å². The van der Waals surface area contributed by atoms with E-state index in [-0.39, 0.29) is 12.8 Å². The van der Waals surface area contributed by atoms with Gasteiger partial charge in [0.25, 0.3) is 0 Å². The zero-order chi connectivity index (χ0) is 39.3. The largest absolute Gasteiger partial charge is 0.472 e. The van der Waals surface area contributed by atoms with Crippen molar-refractivity contribution in [2.45, 2.75) is 198 Å². The van der Waals surface area contributed by atoms with Gasteiger partial charge in [-0.15, -0.1) is 0 Å². The molecule has 53 heavy (non-hydrogen) atoms. The van der Waals surface area contributed by atoms with E-state index in [4.69, 9.17) is 18.5 Å². The molecule has 310 valence electrons. The fourth-order valence-corrected chi connectivity index (χ4v) is 6.94. The highest BCUT2D eigenvalue weighted by molar-refractivity contribution is 7.47. The summed E-state index contributed by atoms with van der Waals surface area (Å²) in [5.74, 6) is -1.16. The van der Waals surface area contributed by atoms with Crippen molar-refractivity contribution in [2.75, 3.05) is 13.2 Å². The number of carbonyl (C=O) groups is 2. The highest BCUT2D eigenvalue weighted by Gasteiger charge is 2.51. The van der Waals surface area contributed by atoms with Gasteiger partial charge in [0.2, 0.25) is 0 Å². The third-order valence-corrected chi connectivity index (χ3v) is 10.3. The summed E-state index contributed by atoms with van der Waals surface area (Å²) in [6.45, 7) is 3.17. The smallest absolute Gasteiger partial charge is 0.462 e.